The zero-order chi connectivity index (χ0) is 22.0. The van der Waals surface area contributed by atoms with Crippen LogP contribution >= 0.6 is 0 Å². The van der Waals surface area contributed by atoms with Gasteiger partial charge in [-0.3, -0.25) is 14.6 Å². The highest BCUT2D eigenvalue weighted by atomic mass is 32.2. The van der Waals surface area contributed by atoms with Gasteiger partial charge in [0.2, 0.25) is 5.91 Å². The second kappa shape index (κ2) is 9.10. The molecule has 0 spiro atoms. The van der Waals surface area contributed by atoms with Crippen molar-refractivity contribution in [3.8, 4) is 0 Å². The highest BCUT2D eigenvalue weighted by Gasteiger charge is 2.36. The first kappa shape index (κ1) is 22.0. The molecular formula is C24H31N3O3S. The summed E-state index contributed by atoms with van der Waals surface area (Å²) in [5, 5.41) is 3.12. The summed E-state index contributed by atoms with van der Waals surface area (Å²) in [6.45, 7) is 7.08. The van der Waals surface area contributed by atoms with Gasteiger partial charge in [0.05, 0.1) is 11.5 Å². The predicted molar refractivity (Wildman–Crippen MR) is 124 cm³/mol. The molecule has 4 rings (SSSR count). The smallest absolute Gasteiger partial charge is 0.246 e. The van der Waals surface area contributed by atoms with E-state index in [1.165, 1.54) is 0 Å². The van der Waals surface area contributed by atoms with E-state index in [1.807, 2.05) is 56.3 Å². The number of nitrogens with one attached hydrogen (secondary N) is 1. The number of aryl methyl sites for hydroxylation is 2. The average molecular weight is 442 g/mol. The fraction of sp³-hybridized carbons (Fsp3) is 0.458. The molecule has 0 radical (unpaired) electrons. The molecule has 1 amide bonds. The molecule has 2 aliphatic rings. The molecule has 0 aliphatic carbocycles. The summed E-state index contributed by atoms with van der Waals surface area (Å²) in [6, 6.07) is 15.7. The van der Waals surface area contributed by atoms with Crippen molar-refractivity contribution in [2.75, 3.05) is 43.0 Å². The highest BCUT2D eigenvalue weighted by Crippen LogP contribution is 2.27. The van der Waals surface area contributed by atoms with Crippen LogP contribution < -0.4 is 5.32 Å². The summed E-state index contributed by atoms with van der Waals surface area (Å²) >= 11 is 0. The lowest BCUT2D eigenvalue weighted by atomic mass is 10.0. The fourth-order valence-corrected chi connectivity index (χ4v) is 6.61. The standard InChI is InChI=1S/C24H31N3O3S/c1-18-14-19(2)16-21(15-18)25-24(28)23(20-6-4-3-5-7-20)27-11-9-26(10-12-27)22-8-13-31(29,30)17-22/h3-7,14-16,22-23H,8-13,17H2,1-2H3,(H,25,28)/t22-,23-/m1/s1. The molecule has 2 aromatic carbocycles. The average Bonchev–Trinajstić information content (AvgIpc) is 3.08. The Hall–Kier alpha value is -2.22. The van der Waals surface area contributed by atoms with Gasteiger partial charge < -0.3 is 5.32 Å². The molecule has 2 aromatic rings. The van der Waals surface area contributed by atoms with Gasteiger partial charge in [0.25, 0.3) is 0 Å². The van der Waals surface area contributed by atoms with E-state index in [0.717, 1.165) is 55.0 Å². The molecule has 31 heavy (non-hydrogen) atoms. The first-order valence-electron chi connectivity index (χ1n) is 10.9. The Morgan fingerprint density at radius 1 is 1.00 bits per heavy atom. The van der Waals surface area contributed by atoms with Gasteiger partial charge in [-0.25, -0.2) is 8.42 Å². The molecule has 1 N–H and O–H groups in total. The van der Waals surface area contributed by atoms with E-state index in [1.54, 1.807) is 0 Å². The van der Waals surface area contributed by atoms with Crippen LogP contribution in [0.1, 0.15) is 29.2 Å². The SMILES string of the molecule is Cc1cc(C)cc(NC(=O)[C@@H](c2ccccc2)N2CCN([C@@H]3CCS(=O)(=O)C3)CC2)c1. The van der Waals surface area contributed by atoms with Crippen LogP contribution in [0.2, 0.25) is 0 Å². The predicted octanol–water partition coefficient (Wildman–Crippen LogP) is 2.79. The Bertz CT molecular complexity index is 1010. The van der Waals surface area contributed by atoms with Gasteiger partial charge in [-0.05, 0) is 49.1 Å². The number of rotatable bonds is 5. The molecule has 2 atom stereocenters. The molecule has 0 bridgehead atoms. The molecule has 166 valence electrons. The number of hydrogen-bond acceptors (Lipinski definition) is 5. The highest BCUT2D eigenvalue weighted by molar-refractivity contribution is 7.91. The maximum absolute atomic E-state index is 13.4. The number of nitrogens with zero attached hydrogens (tertiary/aromatic N) is 2. The molecule has 2 aliphatic heterocycles. The maximum atomic E-state index is 13.4. The van der Waals surface area contributed by atoms with Crippen molar-refractivity contribution in [3.05, 3.63) is 65.2 Å². The summed E-state index contributed by atoms with van der Waals surface area (Å²) in [5.41, 5.74) is 4.03. The van der Waals surface area contributed by atoms with Gasteiger partial charge in [0, 0.05) is 37.9 Å². The minimum atomic E-state index is -2.89. The monoisotopic (exact) mass is 441 g/mol. The second-order valence-electron chi connectivity index (χ2n) is 8.81. The summed E-state index contributed by atoms with van der Waals surface area (Å²) in [4.78, 5) is 17.9. The topological polar surface area (TPSA) is 69.7 Å². The van der Waals surface area contributed by atoms with Gasteiger partial charge in [0.1, 0.15) is 6.04 Å². The summed E-state index contributed by atoms with van der Waals surface area (Å²) in [5.74, 6) is 0.526. The molecular weight excluding hydrogens is 410 g/mol. The third-order valence-electron chi connectivity index (χ3n) is 6.29. The molecule has 0 unspecified atom stereocenters. The van der Waals surface area contributed by atoms with Gasteiger partial charge in [-0.2, -0.15) is 0 Å². The number of anilines is 1. The van der Waals surface area contributed by atoms with E-state index in [4.69, 9.17) is 0 Å². The number of carbonyl (C=O) groups excluding carboxylic acids is 1. The Labute approximate surface area is 185 Å². The van der Waals surface area contributed by atoms with Crippen molar-refractivity contribution < 1.29 is 13.2 Å². The third kappa shape index (κ3) is 5.34. The van der Waals surface area contributed by atoms with Gasteiger partial charge in [-0.15, -0.1) is 0 Å². The quantitative estimate of drug-likeness (QED) is 0.773. The van der Waals surface area contributed by atoms with Crippen molar-refractivity contribution in [2.24, 2.45) is 0 Å². The second-order valence-corrected chi connectivity index (χ2v) is 11.0. The lowest BCUT2D eigenvalue weighted by Gasteiger charge is -2.40. The van der Waals surface area contributed by atoms with Crippen LogP contribution in [0.3, 0.4) is 0 Å². The lowest BCUT2D eigenvalue weighted by Crippen LogP contribution is -2.53. The number of benzene rings is 2. The van der Waals surface area contributed by atoms with Crippen molar-refractivity contribution in [1.29, 1.82) is 0 Å². The zero-order valence-corrected chi connectivity index (χ0v) is 19.1. The van der Waals surface area contributed by atoms with Crippen molar-refractivity contribution in [3.63, 3.8) is 0 Å². The van der Waals surface area contributed by atoms with E-state index in [2.05, 4.69) is 21.2 Å². The summed E-state index contributed by atoms with van der Waals surface area (Å²) in [7, 11) is -2.89. The van der Waals surface area contributed by atoms with Crippen molar-refractivity contribution >= 4 is 21.4 Å². The van der Waals surface area contributed by atoms with E-state index in [0.29, 0.717) is 5.75 Å². The van der Waals surface area contributed by atoms with Crippen molar-refractivity contribution in [1.82, 2.24) is 9.80 Å². The molecule has 2 heterocycles. The number of hydrogen-bond donors (Lipinski definition) is 1. The fourth-order valence-electron chi connectivity index (χ4n) is 4.84. The van der Waals surface area contributed by atoms with Gasteiger partial charge in [0.15, 0.2) is 9.84 Å². The zero-order valence-electron chi connectivity index (χ0n) is 18.3. The van der Waals surface area contributed by atoms with Crippen LogP contribution in [-0.4, -0.2) is 67.9 Å². The van der Waals surface area contributed by atoms with Crippen LogP contribution in [-0.2, 0) is 14.6 Å². The lowest BCUT2D eigenvalue weighted by molar-refractivity contribution is -0.122. The summed E-state index contributed by atoms with van der Waals surface area (Å²) < 4.78 is 23.7. The first-order valence-corrected chi connectivity index (χ1v) is 12.8. The molecule has 0 aromatic heterocycles. The number of amides is 1. The Kier molecular flexibility index (Phi) is 6.46. The van der Waals surface area contributed by atoms with Crippen molar-refractivity contribution in [2.45, 2.75) is 32.4 Å². The Morgan fingerprint density at radius 2 is 1.65 bits per heavy atom. The van der Waals surface area contributed by atoms with E-state index >= 15 is 0 Å². The van der Waals surface area contributed by atoms with E-state index in [-0.39, 0.29) is 23.7 Å². The third-order valence-corrected chi connectivity index (χ3v) is 8.04. The van der Waals surface area contributed by atoms with Crippen LogP contribution in [0.5, 0.6) is 0 Å². The number of sulfone groups is 1. The minimum absolute atomic E-state index is 0.0342. The normalized spacial score (nSPS) is 22.8. The van der Waals surface area contributed by atoms with Crippen LogP contribution in [0.4, 0.5) is 5.69 Å². The number of piperazine rings is 1. The Balaban J connectivity index is 1.49. The van der Waals surface area contributed by atoms with Crippen LogP contribution in [0.25, 0.3) is 0 Å². The molecule has 2 saturated heterocycles. The largest absolute Gasteiger partial charge is 0.324 e. The van der Waals surface area contributed by atoms with E-state index < -0.39 is 9.84 Å². The minimum Gasteiger partial charge on any atom is -0.324 e. The summed E-state index contributed by atoms with van der Waals surface area (Å²) in [6.07, 6.45) is 0.720. The molecule has 0 saturated carbocycles. The number of carbonyl (C=O) groups is 1. The molecule has 2 fully saturated rings. The Morgan fingerprint density at radius 3 is 2.23 bits per heavy atom. The van der Waals surface area contributed by atoms with Gasteiger partial charge >= 0.3 is 0 Å². The van der Waals surface area contributed by atoms with Crippen LogP contribution in [0, 0.1) is 13.8 Å². The molecule has 7 heteroatoms. The van der Waals surface area contributed by atoms with Gasteiger partial charge in [-0.1, -0.05) is 36.4 Å². The molecule has 6 nitrogen and oxygen atoms in total. The van der Waals surface area contributed by atoms with E-state index in [9.17, 15) is 13.2 Å². The van der Waals surface area contributed by atoms with Crippen LogP contribution in [0.15, 0.2) is 48.5 Å². The first-order chi connectivity index (χ1) is 14.8. The maximum Gasteiger partial charge on any atom is 0.246 e.